The zero-order valence-corrected chi connectivity index (χ0v) is 17.2. The lowest BCUT2D eigenvalue weighted by Gasteiger charge is -2.13. The van der Waals surface area contributed by atoms with E-state index < -0.39 is 11.7 Å². The molecule has 0 radical (unpaired) electrons. The Morgan fingerprint density at radius 2 is 1.71 bits per heavy atom. The van der Waals surface area contributed by atoms with Gasteiger partial charge in [0.2, 0.25) is 0 Å². The molecule has 0 spiro atoms. The molecule has 3 aromatic carbocycles. The number of fused-ring (bicyclic) bond motifs is 1. The summed E-state index contributed by atoms with van der Waals surface area (Å²) in [7, 11) is 0. The molecule has 0 fully saturated rings. The van der Waals surface area contributed by atoms with E-state index in [4.69, 9.17) is 0 Å². The van der Waals surface area contributed by atoms with Gasteiger partial charge in [-0.15, -0.1) is 0 Å². The predicted molar refractivity (Wildman–Crippen MR) is 118 cm³/mol. The van der Waals surface area contributed by atoms with Crippen molar-refractivity contribution in [2.45, 2.75) is 32.1 Å². The first kappa shape index (κ1) is 21.1. The lowest BCUT2D eigenvalue weighted by atomic mass is 9.98. The Kier molecular flexibility index (Phi) is 6.09. The van der Waals surface area contributed by atoms with Crippen molar-refractivity contribution in [2.75, 3.05) is 6.54 Å². The van der Waals surface area contributed by atoms with Crippen molar-refractivity contribution in [3.8, 4) is 11.1 Å². The van der Waals surface area contributed by atoms with E-state index in [-0.39, 0.29) is 11.6 Å². The highest BCUT2D eigenvalue weighted by Gasteiger charge is 2.33. The highest BCUT2D eigenvalue weighted by molar-refractivity contribution is 5.84. The highest BCUT2D eigenvalue weighted by Crippen LogP contribution is 2.37. The molecule has 1 atom stereocenters. The predicted octanol–water partition coefficient (Wildman–Crippen LogP) is 6.46. The number of benzene rings is 3. The second-order valence-corrected chi connectivity index (χ2v) is 7.73. The molecule has 1 unspecified atom stereocenters. The maximum Gasteiger partial charge on any atom is 0.417 e. The Morgan fingerprint density at radius 1 is 0.968 bits per heavy atom. The van der Waals surface area contributed by atoms with Crippen LogP contribution >= 0.6 is 0 Å². The topological polar surface area (TPSA) is 29.9 Å². The van der Waals surface area contributed by atoms with E-state index in [1.165, 1.54) is 17.7 Å². The van der Waals surface area contributed by atoms with Crippen LogP contribution < -0.4 is 5.32 Å². The molecule has 0 saturated carbocycles. The lowest BCUT2D eigenvalue weighted by molar-refractivity contribution is -0.137. The van der Waals surface area contributed by atoms with Gasteiger partial charge < -0.3 is 5.32 Å². The van der Waals surface area contributed by atoms with Crippen LogP contribution in [0.2, 0.25) is 0 Å². The summed E-state index contributed by atoms with van der Waals surface area (Å²) in [6.45, 7) is 3.75. The summed E-state index contributed by atoms with van der Waals surface area (Å²) in [4.78, 5) is 0. The Morgan fingerprint density at radius 3 is 2.48 bits per heavy atom. The van der Waals surface area contributed by atoms with Crippen LogP contribution in [0.5, 0.6) is 0 Å². The quantitative estimate of drug-likeness (QED) is 0.346. The van der Waals surface area contributed by atoms with Gasteiger partial charge in [-0.1, -0.05) is 60.7 Å². The summed E-state index contributed by atoms with van der Waals surface area (Å²) in [6.07, 6.45) is -1.55. The van der Waals surface area contributed by atoms with Gasteiger partial charge in [-0.05, 0) is 48.7 Å². The van der Waals surface area contributed by atoms with Crippen molar-refractivity contribution in [3.05, 3.63) is 90.1 Å². The van der Waals surface area contributed by atoms with Crippen LogP contribution in [0.25, 0.3) is 22.0 Å². The Labute approximate surface area is 179 Å². The molecule has 1 aromatic heterocycles. The SMILES string of the molecule is CC(CCNCc1ccccc1)n1cc2ccc(-c3ccccc3C(F)(F)F)cc2n1. The fourth-order valence-corrected chi connectivity index (χ4v) is 3.68. The maximum atomic E-state index is 13.4. The summed E-state index contributed by atoms with van der Waals surface area (Å²) in [6, 6.07) is 21.3. The molecule has 6 heteroatoms. The number of aromatic nitrogens is 2. The molecule has 1 heterocycles. The minimum atomic E-state index is -4.40. The Hall–Kier alpha value is -3.12. The zero-order chi connectivity index (χ0) is 21.8. The van der Waals surface area contributed by atoms with Crippen molar-refractivity contribution in [3.63, 3.8) is 0 Å². The molecule has 4 aromatic rings. The minimum absolute atomic E-state index is 0.168. The van der Waals surface area contributed by atoms with E-state index in [1.807, 2.05) is 35.1 Å². The number of hydrogen-bond acceptors (Lipinski definition) is 2. The van der Waals surface area contributed by atoms with Gasteiger partial charge in [-0.2, -0.15) is 18.3 Å². The van der Waals surface area contributed by atoms with Crippen molar-refractivity contribution < 1.29 is 13.2 Å². The fourth-order valence-electron chi connectivity index (χ4n) is 3.68. The van der Waals surface area contributed by atoms with Crippen molar-refractivity contribution in [2.24, 2.45) is 0 Å². The number of nitrogens with zero attached hydrogens (tertiary/aromatic N) is 2. The van der Waals surface area contributed by atoms with Crippen LogP contribution in [0.1, 0.15) is 30.5 Å². The molecule has 3 nitrogen and oxygen atoms in total. The molecule has 0 amide bonds. The lowest BCUT2D eigenvalue weighted by Crippen LogP contribution is -2.18. The third kappa shape index (κ3) is 4.97. The van der Waals surface area contributed by atoms with Gasteiger partial charge in [0.25, 0.3) is 0 Å². The van der Waals surface area contributed by atoms with Crippen LogP contribution in [0.4, 0.5) is 13.2 Å². The molecular formula is C25H24F3N3. The normalized spacial score (nSPS) is 12.9. The number of alkyl halides is 3. The van der Waals surface area contributed by atoms with Gasteiger partial charge in [0, 0.05) is 18.1 Å². The molecule has 1 N–H and O–H groups in total. The largest absolute Gasteiger partial charge is 0.417 e. The first-order chi connectivity index (χ1) is 14.9. The molecule has 4 rings (SSSR count). The first-order valence-electron chi connectivity index (χ1n) is 10.3. The third-order valence-electron chi connectivity index (χ3n) is 5.43. The first-order valence-corrected chi connectivity index (χ1v) is 10.3. The van der Waals surface area contributed by atoms with Crippen molar-refractivity contribution in [1.29, 1.82) is 0 Å². The Balaban J connectivity index is 1.47. The van der Waals surface area contributed by atoms with Gasteiger partial charge in [0.15, 0.2) is 0 Å². The van der Waals surface area contributed by atoms with E-state index >= 15 is 0 Å². The molecule has 0 bridgehead atoms. The molecule has 31 heavy (non-hydrogen) atoms. The van der Waals surface area contributed by atoms with Crippen LogP contribution in [0, 0.1) is 0 Å². The molecule has 160 valence electrons. The minimum Gasteiger partial charge on any atom is -0.313 e. The van der Waals surface area contributed by atoms with E-state index in [9.17, 15) is 13.2 Å². The summed E-state index contributed by atoms with van der Waals surface area (Å²) in [5.74, 6) is 0. The molecule has 0 aliphatic rings. The summed E-state index contributed by atoms with van der Waals surface area (Å²) in [5.41, 5.74) is 1.99. The second kappa shape index (κ2) is 8.94. The van der Waals surface area contributed by atoms with Crippen molar-refractivity contribution >= 4 is 10.9 Å². The molecule has 0 saturated heterocycles. The van der Waals surface area contributed by atoms with Crippen molar-refractivity contribution in [1.82, 2.24) is 15.1 Å². The third-order valence-corrected chi connectivity index (χ3v) is 5.43. The average molecular weight is 423 g/mol. The highest BCUT2D eigenvalue weighted by atomic mass is 19.4. The van der Waals surface area contributed by atoms with Crippen LogP contribution in [0.15, 0.2) is 79.0 Å². The molecule has 0 aliphatic carbocycles. The van der Waals surface area contributed by atoms with Gasteiger partial charge in [0.1, 0.15) is 0 Å². The summed E-state index contributed by atoms with van der Waals surface area (Å²) in [5, 5.41) is 8.99. The summed E-state index contributed by atoms with van der Waals surface area (Å²) >= 11 is 0. The number of hydrogen-bond donors (Lipinski definition) is 1. The standard InChI is InChI=1S/C25H24F3N3/c1-18(13-14-29-16-19-7-3-2-4-8-19)31-17-21-12-11-20(15-24(21)30-31)22-9-5-6-10-23(22)25(26,27)28/h2-12,15,17-18,29H,13-14,16H2,1H3. The van der Waals surface area contributed by atoms with E-state index in [0.29, 0.717) is 11.1 Å². The second-order valence-electron chi connectivity index (χ2n) is 7.73. The summed E-state index contributed by atoms with van der Waals surface area (Å²) < 4.78 is 42.1. The van der Waals surface area contributed by atoms with E-state index in [0.717, 1.165) is 31.0 Å². The van der Waals surface area contributed by atoms with Crippen LogP contribution in [-0.4, -0.2) is 16.3 Å². The van der Waals surface area contributed by atoms with E-state index in [2.05, 4.69) is 29.5 Å². The average Bonchev–Trinajstić information content (AvgIpc) is 3.20. The monoisotopic (exact) mass is 423 g/mol. The van der Waals surface area contributed by atoms with Gasteiger partial charge in [0.05, 0.1) is 17.1 Å². The molecular weight excluding hydrogens is 399 g/mol. The number of nitrogens with one attached hydrogen (secondary N) is 1. The van der Waals surface area contributed by atoms with Crippen LogP contribution in [0.3, 0.4) is 0 Å². The maximum absolute atomic E-state index is 13.4. The number of halogens is 3. The zero-order valence-electron chi connectivity index (χ0n) is 17.2. The van der Waals surface area contributed by atoms with Gasteiger partial charge >= 0.3 is 6.18 Å². The Bertz CT molecular complexity index is 1150. The smallest absolute Gasteiger partial charge is 0.313 e. The van der Waals surface area contributed by atoms with Crippen LogP contribution in [-0.2, 0) is 12.7 Å². The molecule has 0 aliphatic heterocycles. The van der Waals surface area contributed by atoms with E-state index in [1.54, 1.807) is 18.2 Å². The van der Waals surface area contributed by atoms with Gasteiger partial charge in [-0.3, -0.25) is 4.68 Å². The fraction of sp³-hybridized carbons (Fsp3) is 0.240. The van der Waals surface area contributed by atoms with Gasteiger partial charge in [-0.25, -0.2) is 0 Å². The number of rotatable bonds is 7.